The third-order valence-electron chi connectivity index (χ3n) is 4.50. The second kappa shape index (κ2) is 4.54. The van der Waals surface area contributed by atoms with Crippen molar-refractivity contribution in [2.75, 3.05) is 17.6 Å². The number of fused-ring (bicyclic) bond motifs is 3. The highest BCUT2D eigenvalue weighted by Crippen LogP contribution is 2.35. The van der Waals surface area contributed by atoms with Gasteiger partial charge in [-0.1, -0.05) is 12.1 Å². The summed E-state index contributed by atoms with van der Waals surface area (Å²) in [5.74, 6) is 1.06. The first kappa shape index (κ1) is 11.8. The lowest BCUT2D eigenvalue weighted by Crippen LogP contribution is -2.25. The Morgan fingerprint density at radius 2 is 1.95 bits per heavy atom. The normalized spacial score (nSPS) is 20.9. The quantitative estimate of drug-likeness (QED) is 0.782. The Balaban J connectivity index is 1.81. The highest BCUT2D eigenvalue weighted by Gasteiger charge is 2.28. The van der Waals surface area contributed by atoms with E-state index in [1.165, 1.54) is 29.8 Å². The molecule has 4 nitrogen and oxygen atoms in total. The average molecular weight is 268 g/mol. The summed E-state index contributed by atoms with van der Waals surface area (Å²) in [6, 6.07) is 8.72. The number of anilines is 2. The topological polar surface area (TPSA) is 55.9 Å². The molecule has 0 amide bonds. The van der Waals surface area contributed by atoms with Crippen molar-refractivity contribution in [1.29, 1.82) is 0 Å². The first-order valence-corrected chi connectivity index (χ1v) is 7.52. The Hall–Kier alpha value is -1.97. The van der Waals surface area contributed by atoms with Crippen LogP contribution < -0.4 is 11.1 Å². The van der Waals surface area contributed by atoms with E-state index < -0.39 is 0 Å². The zero-order valence-electron chi connectivity index (χ0n) is 11.6. The first-order chi connectivity index (χ1) is 9.83. The molecule has 1 unspecified atom stereocenters. The van der Waals surface area contributed by atoms with Gasteiger partial charge in [-0.05, 0) is 49.8 Å². The molecule has 4 heteroatoms. The van der Waals surface area contributed by atoms with Crippen molar-refractivity contribution in [3.05, 3.63) is 41.2 Å². The van der Waals surface area contributed by atoms with Gasteiger partial charge in [-0.2, -0.15) is 0 Å². The SMILES string of the molecule is Nc1ccc(C2CCNc3nc4c(n32)CCCC4)cc1. The van der Waals surface area contributed by atoms with Gasteiger partial charge in [0.25, 0.3) is 0 Å². The van der Waals surface area contributed by atoms with E-state index in [-0.39, 0.29) is 0 Å². The Morgan fingerprint density at radius 1 is 1.15 bits per heavy atom. The molecular weight excluding hydrogens is 248 g/mol. The van der Waals surface area contributed by atoms with Crippen LogP contribution in [0.5, 0.6) is 0 Å². The van der Waals surface area contributed by atoms with Crippen LogP contribution in [0.25, 0.3) is 0 Å². The molecule has 1 atom stereocenters. The van der Waals surface area contributed by atoms with Gasteiger partial charge in [-0.25, -0.2) is 4.98 Å². The summed E-state index contributed by atoms with van der Waals surface area (Å²) in [4.78, 5) is 4.81. The van der Waals surface area contributed by atoms with Gasteiger partial charge in [0.1, 0.15) is 0 Å². The second-order valence-electron chi connectivity index (χ2n) is 5.80. The summed E-state index contributed by atoms with van der Waals surface area (Å²) in [7, 11) is 0. The van der Waals surface area contributed by atoms with E-state index >= 15 is 0 Å². The molecule has 20 heavy (non-hydrogen) atoms. The predicted octanol–water partition coefficient (Wildman–Crippen LogP) is 2.75. The van der Waals surface area contributed by atoms with Crippen molar-refractivity contribution in [3.63, 3.8) is 0 Å². The minimum absolute atomic E-state index is 0.404. The van der Waals surface area contributed by atoms with Crippen LogP contribution in [-0.4, -0.2) is 16.1 Å². The van der Waals surface area contributed by atoms with Crippen molar-refractivity contribution < 1.29 is 0 Å². The summed E-state index contributed by atoms with van der Waals surface area (Å²) in [5, 5.41) is 3.46. The maximum Gasteiger partial charge on any atom is 0.203 e. The number of imidazole rings is 1. The number of nitrogens with zero attached hydrogens (tertiary/aromatic N) is 2. The van der Waals surface area contributed by atoms with Crippen LogP contribution >= 0.6 is 0 Å². The molecule has 0 saturated heterocycles. The molecule has 4 rings (SSSR count). The van der Waals surface area contributed by atoms with Gasteiger partial charge < -0.3 is 15.6 Å². The van der Waals surface area contributed by atoms with Gasteiger partial charge in [0.05, 0.1) is 11.7 Å². The van der Waals surface area contributed by atoms with Gasteiger partial charge in [0.15, 0.2) is 0 Å². The molecule has 1 aromatic carbocycles. The zero-order valence-corrected chi connectivity index (χ0v) is 11.6. The van der Waals surface area contributed by atoms with Crippen LogP contribution in [0.3, 0.4) is 0 Å². The molecule has 0 radical (unpaired) electrons. The van der Waals surface area contributed by atoms with Gasteiger partial charge in [0, 0.05) is 17.9 Å². The lowest BCUT2D eigenvalue weighted by Gasteiger charge is -2.29. The van der Waals surface area contributed by atoms with E-state index in [1.807, 2.05) is 12.1 Å². The van der Waals surface area contributed by atoms with Crippen LogP contribution in [-0.2, 0) is 12.8 Å². The van der Waals surface area contributed by atoms with E-state index in [0.29, 0.717) is 6.04 Å². The van der Waals surface area contributed by atoms with Crippen molar-refractivity contribution in [1.82, 2.24) is 9.55 Å². The third-order valence-corrected chi connectivity index (χ3v) is 4.50. The first-order valence-electron chi connectivity index (χ1n) is 7.52. The monoisotopic (exact) mass is 268 g/mol. The molecule has 0 spiro atoms. The van der Waals surface area contributed by atoms with E-state index in [0.717, 1.165) is 37.4 Å². The molecule has 2 heterocycles. The fraction of sp³-hybridized carbons (Fsp3) is 0.438. The molecule has 1 aliphatic carbocycles. The number of nitrogens with two attached hydrogens (primary N) is 1. The van der Waals surface area contributed by atoms with E-state index in [2.05, 4.69) is 22.0 Å². The molecule has 1 aliphatic heterocycles. The molecule has 0 bridgehead atoms. The minimum Gasteiger partial charge on any atom is -0.399 e. The lowest BCUT2D eigenvalue weighted by atomic mass is 9.98. The largest absolute Gasteiger partial charge is 0.399 e. The Bertz CT molecular complexity index is 627. The highest BCUT2D eigenvalue weighted by atomic mass is 15.3. The van der Waals surface area contributed by atoms with Crippen molar-refractivity contribution >= 4 is 11.6 Å². The van der Waals surface area contributed by atoms with Gasteiger partial charge >= 0.3 is 0 Å². The summed E-state index contributed by atoms with van der Waals surface area (Å²) < 4.78 is 2.43. The lowest BCUT2D eigenvalue weighted by molar-refractivity contribution is 0.501. The van der Waals surface area contributed by atoms with Crippen LogP contribution in [0.15, 0.2) is 24.3 Å². The molecular formula is C16H20N4. The Labute approximate surface area is 119 Å². The number of nitrogens with one attached hydrogen (secondary N) is 1. The number of rotatable bonds is 1. The summed E-state index contributed by atoms with van der Waals surface area (Å²) in [6.45, 7) is 0.991. The van der Waals surface area contributed by atoms with Crippen molar-refractivity contribution in [3.8, 4) is 0 Å². The van der Waals surface area contributed by atoms with Gasteiger partial charge in [-0.15, -0.1) is 0 Å². The summed E-state index contributed by atoms with van der Waals surface area (Å²) >= 11 is 0. The minimum atomic E-state index is 0.404. The molecule has 0 fully saturated rings. The van der Waals surface area contributed by atoms with Crippen LogP contribution in [0.4, 0.5) is 11.6 Å². The van der Waals surface area contributed by atoms with Gasteiger partial charge in [-0.3, -0.25) is 0 Å². The highest BCUT2D eigenvalue weighted by molar-refractivity contribution is 5.44. The van der Waals surface area contributed by atoms with E-state index in [1.54, 1.807) is 0 Å². The second-order valence-corrected chi connectivity index (χ2v) is 5.80. The average Bonchev–Trinajstić information content (AvgIpc) is 2.86. The zero-order chi connectivity index (χ0) is 13.5. The standard InChI is InChI=1S/C16H20N4/c17-12-7-5-11(6-8-12)14-9-10-18-16-19-13-3-1-2-4-15(13)20(14)16/h5-8,14H,1-4,9-10,17H2,(H,18,19). The molecule has 1 aromatic heterocycles. The Kier molecular flexibility index (Phi) is 2.69. The third kappa shape index (κ3) is 1.79. The number of hydrogen-bond donors (Lipinski definition) is 2. The van der Waals surface area contributed by atoms with Crippen LogP contribution in [0.1, 0.15) is 42.3 Å². The van der Waals surface area contributed by atoms with Crippen molar-refractivity contribution in [2.24, 2.45) is 0 Å². The predicted molar refractivity (Wildman–Crippen MR) is 81.0 cm³/mol. The van der Waals surface area contributed by atoms with Crippen LogP contribution in [0.2, 0.25) is 0 Å². The van der Waals surface area contributed by atoms with Gasteiger partial charge in [0.2, 0.25) is 5.95 Å². The summed E-state index contributed by atoms with van der Waals surface area (Å²) in [6.07, 6.45) is 5.96. The van der Waals surface area contributed by atoms with E-state index in [4.69, 9.17) is 10.7 Å². The number of benzene rings is 1. The molecule has 2 aliphatic rings. The fourth-order valence-corrected chi connectivity index (χ4v) is 3.51. The molecule has 104 valence electrons. The maximum absolute atomic E-state index is 5.81. The Morgan fingerprint density at radius 3 is 2.80 bits per heavy atom. The molecule has 2 aromatic rings. The molecule has 0 saturated carbocycles. The van der Waals surface area contributed by atoms with E-state index in [9.17, 15) is 0 Å². The number of nitrogen functional groups attached to an aromatic ring is 1. The summed E-state index contributed by atoms with van der Waals surface area (Å²) in [5.41, 5.74) is 10.7. The van der Waals surface area contributed by atoms with Crippen molar-refractivity contribution in [2.45, 2.75) is 38.1 Å². The fourth-order valence-electron chi connectivity index (χ4n) is 3.51. The number of hydrogen-bond acceptors (Lipinski definition) is 3. The van der Waals surface area contributed by atoms with Crippen LogP contribution in [0, 0.1) is 0 Å². The molecule has 3 N–H and O–H groups in total. The number of aromatic nitrogens is 2. The number of aryl methyl sites for hydroxylation is 1. The smallest absolute Gasteiger partial charge is 0.203 e. The maximum atomic E-state index is 5.81.